The molecule has 1 atom stereocenters. The summed E-state index contributed by atoms with van der Waals surface area (Å²) >= 11 is 0. The molecule has 9 heteroatoms. The Bertz CT molecular complexity index is 868. The van der Waals surface area contributed by atoms with Crippen LogP contribution < -0.4 is 5.32 Å². The molecule has 26 heavy (non-hydrogen) atoms. The van der Waals surface area contributed by atoms with E-state index in [0.29, 0.717) is 10.6 Å². The van der Waals surface area contributed by atoms with Crippen LogP contribution in [0.3, 0.4) is 0 Å². The van der Waals surface area contributed by atoms with Gasteiger partial charge in [-0.05, 0) is 18.2 Å². The third-order valence-corrected chi connectivity index (χ3v) is 4.69. The molecule has 136 valence electrons. The molecule has 8 nitrogen and oxygen atoms in total. The van der Waals surface area contributed by atoms with E-state index in [-0.39, 0.29) is 16.9 Å². The van der Waals surface area contributed by atoms with Gasteiger partial charge in [-0.25, -0.2) is 4.79 Å². The number of hydrogen-bond donors (Lipinski definition) is 1. The Morgan fingerprint density at radius 3 is 2.50 bits per heavy atom. The number of nitrogens with zero attached hydrogens (tertiary/aromatic N) is 1. The maximum atomic E-state index is 12.2. The van der Waals surface area contributed by atoms with Crippen molar-refractivity contribution in [3.8, 4) is 0 Å². The summed E-state index contributed by atoms with van der Waals surface area (Å²) in [6.45, 7) is 1.09. The number of carbonyl (C=O) groups is 2. The van der Waals surface area contributed by atoms with E-state index < -0.39 is 34.2 Å². The van der Waals surface area contributed by atoms with Crippen molar-refractivity contribution in [1.29, 1.82) is 0 Å². The number of carbonyl (C=O) groups excluding carboxylic acids is 2. The Morgan fingerprint density at radius 1 is 1.15 bits per heavy atom. The van der Waals surface area contributed by atoms with E-state index in [1.807, 2.05) is 0 Å². The van der Waals surface area contributed by atoms with Crippen LogP contribution in [0.1, 0.15) is 17.3 Å². The average Bonchev–Trinajstić information content (AvgIpc) is 2.65. The second kappa shape index (κ2) is 8.86. The Kier molecular flexibility index (Phi) is 6.56. The van der Waals surface area contributed by atoms with Crippen LogP contribution in [0.25, 0.3) is 0 Å². The lowest BCUT2D eigenvalue weighted by Crippen LogP contribution is -2.22. The highest BCUT2D eigenvalue weighted by Crippen LogP contribution is 2.23. The van der Waals surface area contributed by atoms with E-state index in [9.17, 15) is 23.9 Å². The predicted octanol–water partition coefficient (Wildman–Crippen LogP) is 2.52. The van der Waals surface area contributed by atoms with Gasteiger partial charge in [0.05, 0.1) is 26.2 Å². The van der Waals surface area contributed by atoms with E-state index in [0.717, 1.165) is 0 Å². The topological polar surface area (TPSA) is 116 Å². The Hall–Kier alpha value is -3.07. The van der Waals surface area contributed by atoms with Crippen molar-refractivity contribution >= 4 is 34.1 Å². The number of ether oxygens (including phenoxy) is 1. The Balaban J connectivity index is 2.04. The van der Waals surface area contributed by atoms with Crippen LogP contribution in [0.15, 0.2) is 53.4 Å². The van der Waals surface area contributed by atoms with Crippen molar-refractivity contribution in [3.63, 3.8) is 0 Å². The second-order valence-electron chi connectivity index (χ2n) is 5.03. The minimum atomic E-state index is -1.35. The number of rotatable bonds is 7. The molecule has 0 saturated heterocycles. The van der Waals surface area contributed by atoms with Crippen LogP contribution in [0.4, 0.5) is 11.4 Å². The first kappa shape index (κ1) is 19.3. The van der Waals surface area contributed by atoms with Gasteiger partial charge in [-0.15, -0.1) is 0 Å². The van der Waals surface area contributed by atoms with Gasteiger partial charge in [0.1, 0.15) is 5.69 Å². The zero-order chi connectivity index (χ0) is 19.1. The second-order valence-corrected chi connectivity index (χ2v) is 6.74. The minimum absolute atomic E-state index is 0.00559. The molecule has 0 radical (unpaired) electrons. The summed E-state index contributed by atoms with van der Waals surface area (Å²) in [6.07, 6.45) is 0. The van der Waals surface area contributed by atoms with Gasteiger partial charge in [0.25, 0.3) is 11.6 Å². The minimum Gasteiger partial charge on any atom is -0.452 e. The molecular formula is C17H16N2O6S. The number of para-hydroxylation sites is 2. The van der Waals surface area contributed by atoms with Gasteiger partial charge in [-0.1, -0.05) is 31.2 Å². The molecule has 1 amide bonds. The molecule has 0 bridgehead atoms. The summed E-state index contributed by atoms with van der Waals surface area (Å²) < 4.78 is 16.9. The van der Waals surface area contributed by atoms with Gasteiger partial charge >= 0.3 is 5.97 Å². The highest BCUT2D eigenvalue weighted by atomic mass is 32.2. The molecule has 0 saturated carbocycles. The third kappa shape index (κ3) is 4.73. The fraction of sp³-hybridized carbons (Fsp3) is 0.176. The van der Waals surface area contributed by atoms with Crippen LogP contribution in [-0.2, 0) is 20.3 Å². The molecule has 0 aliphatic carbocycles. The van der Waals surface area contributed by atoms with Gasteiger partial charge in [0.15, 0.2) is 6.61 Å². The van der Waals surface area contributed by atoms with Crippen LogP contribution in [0, 0.1) is 10.1 Å². The van der Waals surface area contributed by atoms with E-state index >= 15 is 0 Å². The maximum Gasteiger partial charge on any atom is 0.339 e. The van der Waals surface area contributed by atoms with Crippen molar-refractivity contribution in [2.45, 2.75) is 11.8 Å². The van der Waals surface area contributed by atoms with Crippen molar-refractivity contribution in [2.75, 3.05) is 17.7 Å². The molecule has 2 rings (SSSR count). The molecule has 0 unspecified atom stereocenters. The van der Waals surface area contributed by atoms with Crippen LogP contribution in [0.5, 0.6) is 0 Å². The number of benzene rings is 2. The zero-order valence-corrected chi connectivity index (χ0v) is 14.7. The highest BCUT2D eigenvalue weighted by molar-refractivity contribution is 7.85. The van der Waals surface area contributed by atoms with Gasteiger partial charge in [-0.3, -0.25) is 19.1 Å². The van der Waals surface area contributed by atoms with Crippen LogP contribution in [0.2, 0.25) is 0 Å². The summed E-state index contributed by atoms with van der Waals surface area (Å²) in [5, 5.41) is 13.3. The quantitative estimate of drug-likeness (QED) is 0.451. The van der Waals surface area contributed by atoms with E-state index in [2.05, 4.69) is 5.32 Å². The molecule has 0 aliphatic rings. The molecule has 0 aromatic heterocycles. The molecule has 1 N–H and O–H groups in total. The predicted molar refractivity (Wildman–Crippen MR) is 95.4 cm³/mol. The summed E-state index contributed by atoms with van der Waals surface area (Å²) in [4.78, 5) is 34.7. The first-order chi connectivity index (χ1) is 12.4. The first-order valence-electron chi connectivity index (χ1n) is 7.61. The normalized spacial score (nSPS) is 11.4. The number of nitrogens with one attached hydrogen (secondary N) is 1. The third-order valence-electron chi connectivity index (χ3n) is 3.32. The molecular weight excluding hydrogens is 360 g/mol. The van der Waals surface area contributed by atoms with Crippen molar-refractivity contribution in [1.82, 2.24) is 0 Å². The Labute approximate surface area is 151 Å². The lowest BCUT2D eigenvalue weighted by molar-refractivity contribution is -0.383. The number of anilines is 1. The number of nitro benzene ring substituents is 1. The van der Waals surface area contributed by atoms with Crippen LogP contribution >= 0.6 is 0 Å². The largest absolute Gasteiger partial charge is 0.452 e. The van der Waals surface area contributed by atoms with Crippen LogP contribution in [-0.4, -0.2) is 33.4 Å². The van der Waals surface area contributed by atoms with Crippen molar-refractivity contribution < 1.29 is 23.5 Å². The smallest absolute Gasteiger partial charge is 0.339 e. The SMILES string of the molecule is CC[S@](=O)c1ccccc1C(=O)OCC(=O)Nc1ccccc1[N+](=O)[O-]. The van der Waals surface area contributed by atoms with Gasteiger partial charge in [0, 0.05) is 11.8 Å². The van der Waals surface area contributed by atoms with E-state index in [1.165, 1.54) is 30.3 Å². The number of amides is 1. The highest BCUT2D eigenvalue weighted by Gasteiger charge is 2.19. The maximum absolute atomic E-state index is 12.2. The molecule has 0 fully saturated rings. The van der Waals surface area contributed by atoms with Gasteiger partial charge in [-0.2, -0.15) is 0 Å². The molecule has 2 aromatic rings. The summed E-state index contributed by atoms with van der Waals surface area (Å²) in [5.74, 6) is -1.18. The zero-order valence-electron chi connectivity index (χ0n) is 13.8. The first-order valence-corrected chi connectivity index (χ1v) is 8.93. The van der Waals surface area contributed by atoms with Crippen molar-refractivity contribution in [2.24, 2.45) is 0 Å². The van der Waals surface area contributed by atoms with Gasteiger partial charge in [0.2, 0.25) is 0 Å². The molecule has 2 aromatic carbocycles. The monoisotopic (exact) mass is 376 g/mol. The lowest BCUT2D eigenvalue weighted by Gasteiger charge is -2.09. The molecule has 0 aliphatic heterocycles. The standard InChI is InChI=1S/C17H16N2O6S/c1-2-26(24)15-10-6-3-7-12(15)17(21)25-11-16(20)18-13-8-4-5-9-14(13)19(22)23/h3-10H,2,11H2,1H3,(H,18,20)/t26-/m0/s1. The lowest BCUT2D eigenvalue weighted by atomic mass is 10.2. The fourth-order valence-corrected chi connectivity index (χ4v) is 3.06. The van der Waals surface area contributed by atoms with Crippen molar-refractivity contribution in [3.05, 3.63) is 64.2 Å². The molecule has 0 spiro atoms. The number of hydrogen-bond acceptors (Lipinski definition) is 6. The average molecular weight is 376 g/mol. The Morgan fingerprint density at radius 2 is 1.81 bits per heavy atom. The summed E-state index contributed by atoms with van der Waals surface area (Å²) in [7, 11) is -1.35. The number of nitro groups is 1. The molecule has 0 heterocycles. The van der Waals surface area contributed by atoms with E-state index in [1.54, 1.807) is 25.1 Å². The fourth-order valence-electron chi connectivity index (χ4n) is 2.12. The summed E-state index contributed by atoms with van der Waals surface area (Å²) in [6, 6.07) is 11.9. The number of esters is 1. The summed E-state index contributed by atoms with van der Waals surface area (Å²) in [5.41, 5.74) is -0.145. The van der Waals surface area contributed by atoms with E-state index in [4.69, 9.17) is 4.74 Å². The van der Waals surface area contributed by atoms with Gasteiger partial charge < -0.3 is 10.1 Å².